The zero-order valence-electron chi connectivity index (χ0n) is 13.8. The van der Waals surface area contributed by atoms with Crippen LogP contribution in [0.5, 0.6) is 0 Å². The fourth-order valence-corrected chi connectivity index (χ4v) is 2.37. The van der Waals surface area contributed by atoms with Crippen molar-refractivity contribution in [3.05, 3.63) is 94.3 Å². The number of nitrogens with zero attached hydrogens (tertiary/aromatic N) is 2. The third kappa shape index (κ3) is 4.47. The first kappa shape index (κ1) is 17.2. The fourth-order valence-electron chi connectivity index (χ4n) is 2.37. The smallest absolute Gasteiger partial charge is 0.269 e. The van der Waals surface area contributed by atoms with Gasteiger partial charge in [0.15, 0.2) is 0 Å². The molecule has 26 heavy (non-hydrogen) atoms. The van der Waals surface area contributed by atoms with Gasteiger partial charge in [0.1, 0.15) is 11.5 Å². The van der Waals surface area contributed by atoms with E-state index in [4.69, 9.17) is 8.83 Å². The number of non-ortho nitro benzene ring substituents is 1. The second-order valence-corrected chi connectivity index (χ2v) is 5.54. The molecule has 3 aromatic rings. The van der Waals surface area contributed by atoms with Crippen LogP contribution in [0.4, 0.5) is 5.69 Å². The first-order valence-electron chi connectivity index (χ1n) is 7.88. The molecule has 0 aliphatic rings. The van der Waals surface area contributed by atoms with Crippen molar-refractivity contribution in [2.75, 3.05) is 0 Å². The monoisotopic (exact) mass is 352 g/mol. The van der Waals surface area contributed by atoms with E-state index in [0.717, 1.165) is 0 Å². The maximum absolute atomic E-state index is 12.6. The van der Waals surface area contributed by atoms with E-state index in [1.807, 2.05) is 0 Å². The average molecular weight is 352 g/mol. The molecule has 3 rings (SSSR count). The largest absolute Gasteiger partial charge is 0.467 e. The van der Waals surface area contributed by atoms with Gasteiger partial charge in [0.25, 0.3) is 5.69 Å². The maximum atomic E-state index is 12.6. The summed E-state index contributed by atoms with van der Waals surface area (Å²) in [5, 5.41) is 10.7. The molecular weight excluding hydrogens is 336 g/mol. The van der Waals surface area contributed by atoms with Gasteiger partial charge in [-0.1, -0.05) is 0 Å². The van der Waals surface area contributed by atoms with E-state index in [2.05, 4.69) is 0 Å². The highest BCUT2D eigenvalue weighted by Crippen LogP contribution is 2.15. The van der Waals surface area contributed by atoms with Crippen LogP contribution in [0.15, 0.2) is 76.0 Å². The van der Waals surface area contributed by atoms with Crippen LogP contribution in [0, 0.1) is 10.1 Å². The van der Waals surface area contributed by atoms with Crippen LogP contribution in [-0.4, -0.2) is 15.7 Å². The molecule has 0 spiro atoms. The SMILES string of the molecule is O=C(/C=C/c1ccc([N+](=O)[O-])cc1)N(Cc1ccco1)Cc1ccco1. The highest BCUT2D eigenvalue weighted by Gasteiger charge is 2.15. The third-order valence-corrected chi connectivity index (χ3v) is 3.69. The van der Waals surface area contributed by atoms with Crippen molar-refractivity contribution < 1.29 is 18.6 Å². The topological polar surface area (TPSA) is 89.7 Å². The summed E-state index contributed by atoms with van der Waals surface area (Å²) >= 11 is 0. The summed E-state index contributed by atoms with van der Waals surface area (Å²) in [7, 11) is 0. The third-order valence-electron chi connectivity index (χ3n) is 3.69. The predicted octanol–water partition coefficient (Wildman–Crippen LogP) is 4.02. The molecule has 0 bridgehead atoms. The summed E-state index contributed by atoms with van der Waals surface area (Å²) in [6.45, 7) is 0.605. The van der Waals surface area contributed by atoms with Crippen LogP contribution in [0.25, 0.3) is 6.08 Å². The molecule has 0 saturated heterocycles. The second kappa shape index (κ2) is 7.98. The average Bonchev–Trinajstić information content (AvgIpc) is 3.33. The number of amides is 1. The lowest BCUT2D eigenvalue weighted by atomic mass is 10.2. The normalized spacial score (nSPS) is 10.9. The Morgan fingerprint density at radius 1 is 1.00 bits per heavy atom. The zero-order chi connectivity index (χ0) is 18.4. The van der Waals surface area contributed by atoms with Gasteiger partial charge in [0.2, 0.25) is 5.91 Å². The second-order valence-electron chi connectivity index (χ2n) is 5.54. The Morgan fingerprint density at radius 3 is 2.04 bits per heavy atom. The predicted molar refractivity (Wildman–Crippen MR) is 93.8 cm³/mol. The molecule has 2 heterocycles. The number of rotatable bonds is 7. The van der Waals surface area contributed by atoms with Crippen molar-refractivity contribution in [3.8, 4) is 0 Å². The molecule has 0 radical (unpaired) electrons. The lowest BCUT2D eigenvalue weighted by Gasteiger charge is -2.18. The molecule has 1 aromatic carbocycles. The highest BCUT2D eigenvalue weighted by atomic mass is 16.6. The summed E-state index contributed by atoms with van der Waals surface area (Å²) in [6, 6.07) is 13.1. The molecule has 0 atom stereocenters. The Hall–Kier alpha value is -3.61. The summed E-state index contributed by atoms with van der Waals surface area (Å²) < 4.78 is 10.6. The van der Waals surface area contributed by atoms with E-state index >= 15 is 0 Å². The van der Waals surface area contributed by atoms with E-state index in [9.17, 15) is 14.9 Å². The number of carbonyl (C=O) groups is 1. The van der Waals surface area contributed by atoms with Gasteiger partial charge in [-0.05, 0) is 48.0 Å². The van der Waals surface area contributed by atoms with Gasteiger partial charge in [-0.15, -0.1) is 0 Å². The molecule has 7 nitrogen and oxygen atoms in total. The van der Waals surface area contributed by atoms with Crippen molar-refractivity contribution >= 4 is 17.7 Å². The molecule has 0 unspecified atom stereocenters. The van der Waals surface area contributed by atoms with Crippen molar-refractivity contribution in [3.63, 3.8) is 0 Å². The Kier molecular flexibility index (Phi) is 5.28. The molecule has 2 aromatic heterocycles. The molecule has 7 heteroatoms. The van der Waals surface area contributed by atoms with E-state index in [0.29, 0.717) is 30.2 Å². The van der Waals surface area contributed by atoms with Crippen molar-refractivity contribution in [2.45, 2.75) is 13.1 Å². The maximum Gasteiger partial charge on any atom is 0.269 e. The number of hydrogen-bond acceptors (Lipinski definition) is 5. The van der Waals surface area contributed by atoms with Crippen LogP contribution in [0.3, 0.4) is 0 Å². The zero-order valence-corrected chi connectivity index (χ0v) is 13.8. The van der Waals surface area contributed by atoms with Gasteiger partial charge < -0.3 is 13.7 Å². The minimum Gasteiger partial charge on any atom is -0.467 e. The number of nitro benzene ring substituents is 1. The highest BCUT2D eigenvalue weighted by molar-refractivity contribution is 5.91. The lowest BCUT2D eigenvalue weighted by molar-refractivity contribution is -0.384. The Labute approximate surface area is 149 Å². The standard InChI is InChI=1S/C19H16N2O5/c22-19(10-7-15-5-8-16(9-6-15)21(23)24)20(13-17-3-1-11-25-17)14-18-4-2-12-26-18/h1-12H,13-14H2/b10-7+. The molecule has 0 saturated carbocycles. The van der Waals surface area contributed by atoms with Crippen LogP contribution in [-0.2, 0) is 17.9 Å². The first-order chi connectivity index (χ1) is 12.6. The van der Waals surface area contributed by atoms with Gasteiger partial charge in [0.05, 0.1) is 30.5 Å². The lowest BCUT2D eigenvalue weighted by Crippen LogP contribution is -2.28. The van der Waals surface area contributed by atoms with E-state index in [1.54, 1.807) is 59.9 Å². The van der Waals surface area contributed by atoms with Gasteiger partial charge in [-0.2, -0.15) is 0 Å². The first-order valence-corrected chi connectivity index (χ1v) is 7.88. The minimum atomic E-state index is -0.465. The van der Waals surface area contributed by atoms with E-state index in [-0.39, 0.29) is 11.6 Å². The molecule has 0 N–H and O–H groups in total. The van der Waals surface area contributed by atoms with Crippen LogP contribution < -0.4 is 0 Å². The minimum absolute atomic E-state index is 0.00532. The quantitative estimate of drug-likeness (QED) is 0.364. The molecule has 0 aliphatic carbocycles. The Bertz CT molecular complexity index is 844. The molecule has 1 amide bonds. The number of hydrogen-bond donors (Lipinski definition) is 0. The Morgan fingerprint density at radius 2 is 1.58 bits per heavy atom. The van der Waals surface area contributed by atoms with E-state index in [1.165, 1.54) is 18.2 Å². The van der Waals surface area contributed by atoms with Crippen molar-refractivity contribution in [1.29, 1.82) is 0 Å². The number of carbonyl (C=O) groups excluding carboxylic acids is 1. The van der Waals surface area contributed by atoms with Crippen molar-refractivity contribution in [1.82, 2.24) is 4.90 Å². The summed E-state index contributed by atoms with van der Waals surface area (Å²) in [6.07, 6.45) is 6.14. The molecule has 0 aliphatic heterocycles. The number of furan rings is 2. The molecular formula is C19H16N2O5. The summed E-state index contributed by atoms with van der Waals surface area (Å²) in [5.74, 6) is 1.10. The fraction of sp³-hybridized carbons (Fsp3) is 0.105. The van der Waals surface area contributed by atoms with Crippen LogP contribution in [0.2, 0.25) is 0 Å². The number of nitro groups is 1. The van der Waals surface area contributed by atoms with Gasteiger partial charge in [-0.25, -0.2) is 0 Å². The van der Waals surface area contributed by atoms with E-state index < -0.39 is 4.92 Å². The van der Waals surface area contributed by atoms with Gasteiger partial charge in [-0.3, -0.25) is 14.9 Å². The van der Waals surface area contributed by atoms with Crippen molar-refractivity contribution in [2.24, 2.45) is 0 Å². The van der Waals surface area contributed by atoms with Crippen LogP contribution >= 0.6 is 0 Å². The summed E-state index contributed by atoms with van der Waals surface area (Å²) in [5.41, 5.74) is 0.700. The van der Waals surface area contributed by atoms with Crippen LogP contribution in [0.1, 0.15) is 17.1 Å². The molecule has 0 fully saturated rings. The molecule has 132 valence electrons. The number of benzene rings is 1. The van der Waals surface area contributed by atoms with Gasteiger partial charge >= 0.3 is 0 Å². The Balaban J connectivity index is 1.72. The van der Waals surface area contributed by atoms with Gasteiger partial charge in [0, 0.05) is 18.2 Å². The summed E-state index contributed by atoms with van der Waals surface area (Å²) in [4.78, 5) is 24.4.